The summed E-state index contributed by atoms with van der Waals surface area (Å²) in [6.07, 6.45) is -4.59. The van der Waals surface area contributed by atoms with Gasteiger partial charge in [0.25, 0.3) is 0 Å². The van der Waals surface area contributed by atoms with Gasteiger partial charge in [-0.1, -0.05) is 0 Å². The summed E-state index contributed by atoms with van der Waals surface area (Å²) in [5.41, 5.74) is -0.282. The molecule has 0 aliphatic carbocycles. The van der Waals surface area contributed by atoms with Crippen molar-refractivity contribution in [3.05, 3.63) is 11.8 Å². The first-order chi connectivity index (χ1) is 16.6. The maximum Gasteiger partial charge on any atom is 0.362 e. The van der Waals surface area contributed by atoms with Gasteiger partial charge in [-0.3, -0.25) is 14.4 Å². The lowest BCUT2D eigenvalue weighted by molar-refractivity contribution is -0.272. The van der Waals surface area contributed by atoms with Gasteiger partial charge in [0.15, 0.2) is 6.29 Å². The highest BCUT2D eigenvalue weighted by atomic mass is 16.7. The minimum absolute atomic E-state index is 0.0172. The standard InChI is InChI=1S/C20H29N3O12/c1-10(25)22-16-18(30)17(29)12(9-24)34-20(16)33-7-6-32-5-4-21-13(26)2-3-14(27)23-11-8-15(28)35-19(11)31/h8,12,16-18,20,24,29-30H,2-7,9H2,1H3,(H,21,26)(H,22,25)(H,23,27). The number of ether oxygens (including phenoxy) is 4. The zero-order valence-corrected chi connectivity index (χ0v) is 18.9. The molecule has 2 aliphatic rings. The normalized spacial score (nSPS) is 26.1. The Morgan fingerprint density at radius 3 is 2.40 bits per heavy atom. The summed E-state index contributed by atoms with van der Waals surface area (Å²) in [4.78, 5) is 57.0. The van der Waals surface area contributed by atoms with Crippen molar-refractivity contribution < 1.29 is 58.2 Å². The van der Waals surface area contributed by atoms with Crippen molar-refractivity contribution >= 4 is 29.7 Å². The van der Waals surface area contributed by atoms with E-state index < -0.39 is 66.9 Å². The van der Waals surface area contributed by atoms with Crippen LogP contribution in [0.1, 0.15) is 19.8 Å². The molecule has 0 aromatic heterocycles. The largest absolute Gasteiger partial charge is 0.394 e. The maximum absolute atomic E-state index is 11.8. The van der Waals surface area contributed by atoms with E-state index in [0.29, 0.717) is 0 Å². The van der Waals surface area contributed by atoms with Crippen molar-refractivity contribution in [1.82, 2.24) is 16.0 Å². The molecule has 196 valence electrons. The Balaban J connectivity index is 1.59. The number of hydrogen-bond donors (Lipinski definition) is 6. The molecule has 3 amide bonds. The Bertz CT molecular complexity index is 832. The van der Waals surface area contributed by atoms with Crippen LogP contribution in [0, 0.1) is 0 Å². The van der Waals surface area contributed by atoms with Crippen molar-refractivity contribution in [1.29, 1.82) is 0 Å². The van der Waals surface area contributed by atoms with E-state index in [4.69, 9.17) is 14.2 Å². The van der Waals surface area contributed by atoms with Crippen molar-refractivity contribution in [2.24, 2.45) is 0 Å². The number of carbonyl (C=O) groups excluding carboxylic acids is 5. The number of hydrogen-bond acceptors (Lipinski definition) is 12. The summed E-state index contributed by atoms with van der Waals surface area (Å²) in [6, 6.07) is -1.06. The first-order valence-corrected chi connectivity index (χ1v) is 10.8. The smallest absolute Gasteiger partial charge is 0.362 e. The molecule has 5 atom stereocenters. The Morgan fingerprint density at radius 2 is 1.77 bits per heavy atom. The van der Waals surface area contributed by atoms with E-state index >= 15 is 0 Å². The fourth-order valence-electron chi connectivity index (χ4n) is 3.17. The number of carbonyl (C=O) groups is 5. The van der Waals surface area contributed by atoms with E-state index in [1.807, 2.05) is 0 Å². The summed E-state index contributed by atoms with van der Waals surface area (Å²) in [5.74, 6) is -3.38. The molecule has 0 radical (unpaired) electrons. The van der Waals surface area contributed by atoms with Crippen molar-refractivity contribution in [3.8, 4) is 0 Å². The number of cyclic esters (lactones) is 2. The molecule has 15 heteroatoms. The fraction of sp³-hybridized carbons (Fsp3) is 0.650. The topological polar surface area (TPSA) is 219 Å². The summed E-state index contributed by atoms with van der Waals surface area (Å²) in [7, 11) is 0. The third-order valence-corrected chi connectivity index (χ3v) is 4.86. The Hall–Kier alpha value is -2.95. The van der Waals surface area contributed by atoms with Crippen LogP contribution in [-0.4, -0.2) is 109 Å². The highest BCUT2D eigenvalue weighted by Gasteiger charge is 2.45. The van der Waals surface area contributed by atoms with E-state index in [-0.39, 0.29) is 44.9 Å². The van der Waals surface area contributed by atoms with Crippen LogP contribution in [0.2, 0.25) is 0 Å². The lowest BCUT2D eigenvalue weighted by Gasteiger charge is -2.42. The molecule has 6 N–H and O–H groups in total. The van der Waals surface area contributed by atoms with Crippen LogP contribution in [0.4, 0.5) is 0 Å². The minimum Gasteiger partial charge on any atom is -0.394 e. The second kappa shape index (κ2) is 13.8. The van der Waals surface area contributed by atoms with Gasteiger partial charge in [0.05, 0.1) is 32.5 Å². The van der Waals surface area contributed by atoms with Gasteiger partial charge in [-0.15, -0.1) is 0 Å². The Labute approximate surface area is 199 Å². The summed E-state index contributed by atoms with van der Waals surface area (Å²) < 4.78 is 20.4. The lowest BCUT2D eigenvalue weighted by atomic mass is 9.97. The van der Waals surface area contributed by atoms with Crippen LogP contribution in [0.3, 0.4) is 0 Å². The summed E-state index contributed by atoms with van der Waals surface area (Å²) in [6.45, 7) is 0.964. The van der Waals surface area contributed by atoms with Gasteiger partial charge in [0, 0.05) is 26.3 Å². The van der Waals surface area contributed by atoms with Crippen molar-refractivity contribution in [2.45, 2.75) is 50.4 Å². The van der Waals surface area contributed by atoms with Crippen LogP contribution in [-0.2, 0) is 42.9 Å². The molecule has 0 bridgehead atoms. The SMILES string of the molecule is CC(=O)NC1C(OCCOCCNC(=O)CCC(=O)NC2=CC(=O)OC2=O)OC(CO)C(O)C1O. The first kappa shape index (κ1) is 28.3. The Morgan fingerprint density at radius 1 is 1.06 bits per heavy atom. The van der Waals surface area contributed by atoms with Gasteiger partial charge < -0.3 is 50.2 Å². The molecule has 0 spiro atoms. The van der Waals surface area contributed by atoms with Crippen molar-refractivity contribution in [3.63, 3.8) is 0 Å². The first-order valence-electron chi connectivity index (χ1n) is 10.8. The summed E-state index contributed by atoms with van der Waals surface area (Å²) >= 11 is 0. The van der Waals surface area contributed by atoms with Crippen LogP contribution in [0.25, 0.3) is 0 Å². The highest BCUT2D eigenvalue weighted by Crippen LogP contribution is 2.22. The fourth-order valence-corrected chi connectivity index (χ4v) is 3.17. The second-order valence-electron chi connectivity index (χ2n) is 7.58. The predicted molar refractivity (Wildman–Crippen MR) is 112 cm³/mol. The number of nitrogens with one attached hydrogen (secondary N) is 3. The molecule has 2 rings (SSSR count). The molecule has 2 aliphatic heterocycles. The van der Waals surface area contributed by atoms with Crippen LogP contribution in [0.5, 0.6) is 0 Å². The van der Waals surface area contributed by atoms with E-state index in [9.17, 15) is 39.3 Å². The zero-order chi connectivity index (χ0) is 26.0. The second-order valence-corrected chi connectivity index (χ2v) is 7.58. The number of esters is 2. The highest BCUT2D eigenvalue weighted by molar-refractivity contribution is 6.10. The lowest BCUT2D eigenvalue weighted by Crippen LogP contribution is -2.64. The van der Waals surface area contributed by atoms with Gasteiger partial charge in [-0.2, -0.15) is 0 Å². The van der Waals surface area contributed by atoms with Gasteiger partial charge >= 0.3 is 11.9 Å². The molecule has 0 aromatic rings. The summed E-state index contributed by atoms with van der Waals surface area (Å²) in [5, 5.41) is 36.6. The Kier molecular flexibility index (Phi) is 11.2. The van der Waals surface area contributed by atoms with E-state index in [2.05, 4.69) is 20.7 Å². The predicted octanol–water partition coefficient (Wildman–Crippen LogP) is -4.06. The van der Waals surface area contributed by atoms with Gasteiger partial charge in [-0.25, -0.2) is 9.59 Å². The monoisotopic (exact) mass is 503 g/mol. The molecule has 1 fully saturated rings. The number of rotatable bonds is 13. The molecule has 2 heterocycles. The quantitative estimate of drug-likeness (QED) is 0.0803. The molecular formula is C20H29N3O12. The molecule has 35 heavy (non-hydrogen) atoms. The van der Waals surface area contributed by atoms with E-state index in [0.717, 1.165) is 6.08 Å². The third-order valence-electron chi connectivity index (χ3n) is 4.86. The minimum atomic E-state index is -1.42. The maximum atomic E-state index is 11.8. The molecule has 0 aromatic carbocycles. The molecule has 1 saturated heterocycles. The third kappa shape index (κ3) is 8.97. The van der Waals surface area contributed by atoms with Gasteiger partial charge in [-0.05, 0) is 0 Å². The molecule has 0 saturated carbocycles. The van der Waals surface area contributed by atoms with E-state index in [1.165, 1.54) is 6.92 Å². The van der Waals surface area contributed by atoms with Crippen LogP contribution in [0.15, 0.2) is 11.8 Å². The number of aliphatic hydroxyl groups excluding tert-OH is 3. The molecule has 15 nitrogen and oxygen atoms in total. The van der Waals surface area contributed by atoms with Gasteiger partial charge in [0.2, 0.25) is 17.7 Å². The molecular weight excluding hydrogens is 474 g/mol. The van der Waals surface area contributed by atoms with Gasteiger partial charge in [0.1, 0.15) is 30.1 Å². The van der Waals surface area contributed by atoms with Crippen LogP contribution >= 0.6 is 0 Å². The average molecular weight is 503 g/mol. The van der Waals surface area contributed by atoms with Crippen molar-refractivity contribution in [2.75, 3.05) is 33.0 Å². The van der Waals surface area contributed by atoms with Crippen LogP contribution < -0.4 is 16.0 Å². The number of aliphatic hydroxyl groups is 3. The molecule has 5 unspecified atom stereocenters. The average Bonchev–Trinajstić information content (AvgIpc) is 3.12. The zero-order valence-electron chi connectivity index (χ0n) is 18.9. The van der Waals surface area contributed by atoms with E-state index in [1.54, 1.807) is 0 Å². The number of amides is 3.